The summed E-state index contributed by atoms with van der Waals surface area (Å²) in [6.07, 6.45) is 0.460. The van der Waals surface area contributed by atoms with Crippen molar-refractivity contribution in [1.29, 1.82) is 0 Å². The maximum atomic E-state index is 11.1. The Morgan fingerprint density at radius 3 is 2.58 bits per heavy atom. The van der Waals surface area contributed by atoms with E-state index in [4.69, 9.17) is 9.52 Å². The predicted molar refractivity (Wildman–Crippen MR) is 63.1 cm³/mol. The summed E-state index contributed by atoms with van der Waals surface area (Å²) >= 11 is 0. The van der Waals surface area contributed by atoms with Crippen LogP contribution < -0.4 is 0 Å². The molecule has 7 nitrogen and oxygen atoms in total. The molecule has 0 atom stereocenters. The third kappa shape index (κ3) is 2.34. The van der Waals surface area contributed by atoms with Crippen molar-refractivity contribution < 1.29 is 24.0 Å². The van der Waals surface area contributed by atoms with E-state index in [9.17, 15) is 19.7 Å². The quantitative estimate of drug-likeness (QED) is 0.513. The molecule has 0 fully saturated rings. The van der Waals surface area contributed by atoms with Gasteiger partial charge >= 0.3 is 5.97 Å². The Morgan fingerprint density at radius 1 is 1.32 bits per heavy atom. The van der Waals surface area contributed by atoms with E-state index in [0.717, 1.165) is 18.2 Å². The first-order valence-corrected chi connectivity index (χ1v) is 5.10. The highest BCUT2D eigenvalue weighted by Gasteiger charge is 2.18. The Balaban J connectivity index is 2.63. The van der Waals surface area contributed by atoms with Gasteiger partial charge in [-0.25, -0.2) is 4.79 Å². The number of furan rings is 1. The smallest absolute Gasteiger partial charge is 0.336 e. The second-order valence-electron chi connectivity index (χ2n) is 3.61. The number of aromatic carboxylic acids is 1. The Labute approximate surface area is 106 Å². The normalized spacial score (nSPS) is 10.1. The minimum atomic E-state index is -1.24. The number of non-ortho nitro benzene ring substituents is 1. The van der Waals surface area contributed by atoms with Crippen LogP contribution in [0.5, 0.6) is 0 Å². The average Bonchev–Trinajstić information content (AvgIpc) is 2.86. The minimum absolute atomic E-state index is 0.0119. The molecule has 0 bridgehead atoms. The number of carbonyl (C=O) groups is 2. The summed E-state index contributed by atoms with van der Waals surface area (Å²) in [7, 11) is 0. The van der Waals surface area contributed by atoms with Gasteiger partial charge in [-0.3, -0.25) is 14.9 Å². The van der Waals surface area contributed by atoms with Crippen LogP contribution in [-0.2, 0) is 0 Å². The van der Waals surface area contributed by atoms with Crippen LogP contribution in [0, 0.1) is 10.1 Å². The van der Waals surface area contributed by atoms with Gasteiger partial charge in [-0.1, -0.05) is 0 Å². The Morgan fingerprint density at radius 2 is 2.05 bits per heavy atom. The highest BCUT2D eigenvalue weighted by molar-refractivity contribution is 5.96. The van der Waals surface area contributed by atoms with Crippen LogP contribution in [0.15, 0.2) is 34.7 Å². The average molecular weight is 261 g/mol. The Bertz CT molecular complexity index is 673. The first kappa shape index (κ1) is 12.5. The molecule has 1 heterocycles. The van der Waals surface area contributed by atoms with Crippen molar-refractivity contribution in [2.45, 2.75) is 0 Å². The minimum Gasteiger partial charge on any atom is -0.478 e. The van der Waals surface area contributed by atoms with Crippen LogP contribution in [0.2, 0.25) is 0 Å². The first-order chi connectivity index (χ1) is 9.02. The molecule has 0 spiro atoms. The van der Waals surface area contributed by atoms with E-state index in [2.05, 4.69) is 0 Å². The molecule has 2 aromatic rings. The lowest BCUT2D eigenvalue weighted by Crippen LogP contribution is -2.00. The van der Waals surface area contributed by atoms with Crippen molar-refractivity contribution in [1.82, 2.24) is 0 Å². The van der Waals surface area contributed by atoms with Gasteiger partial charge < -0.3 is 9.52 Å². The fourth-order valence-corrected chi connectivity index (χ4v) is 1.60. The van der Waals surface area contributed by atoms with Crippen molar-refractivity contribution in [3.63, 3.8) is 0 Å². The SMILES string of the molecule is O=Cc1ccc(-c2cc([N+](=O)[O-])ccc2C(=O)O)o1. The summed E-state index contributed by atoms with van der Waals surface area (Å²) in [5, 5.41) is 19.7. The van der Waals surface area contributed by atoms with Gasteiger partial charge in [0.1, 0.15) is 5.76 Å². The van der Waals surface area contributed by atoms with Crippen molar-refractivity contribution in [2.24, 2.45) is 0 Å². The maximum absolute atomic E-state index is 11.1. The number of nitro benzene ring substituents is 1. The van der Waals surface area contributed by atoms with E-state index in [1.165, 1.54) is 12.1 Å². The van der Waals surface area contributed by atoms with Crippen molar-refractivity contribution in [3.8, 4) is 11.3 Å². The molecule has 0 aliphatic heterocycles. The van der Waals surface area contributed by atoms with Gasteiger partial charge in [-0.2, -0.15) is 0 Å². The molecule has 7 heteroatoms. The largest absolute Gasteiger partial charge is 0.478 e. The second-order valence-corrected chi connectivity index (χ2v) is 3.61. The van der Waals surface area contributed by atoms with Crippen LogP contribution in [0.3, 0.4) is 0 Å². The van der Waals surface area contributed by atoms with Crippen molar-refractivity contribution in [3.05, 3.63) is 51.8 Å². The molecule has 1 aromatic heterocycles. The van der Waals surface area contributed by atoms with Crippen LogP contribution in [-0.4, -0.2) is 22.3 Å². The van der Waals surface area contributed by atoms with Gasteiger partial charge in [-0.05, 0) is 18.2 Å². The van der Waals surface area contributed by atoms with Gasteiger partial charge in [0.25, 0.3) is 5.69 Å². The van der Waals surface area contributed by atoms with Crippen LogP contribution in [0.25, 0.3) is 11.3 Å². The molecule has 1 N–H and O–H groups in total. The molecule has 0 radical (unpaired) electrons. The van der Waals surface area contributed by atoms with Crippen molar-refractivity contribution in [2.75, 3.05) is 0 Å². The van der Waals surface area contributed by atoms with Gasteiger partial charge in [0, 0.05) is 17.7 Å². The summed E-state index contributed by atoms with van der Waals surface area (Å²) < 4.78 is 5.09. The summed E-state index contributed by atoms with van der Waals surface area (Å²) in [5.41, 5.74) is -0.351. The highest BCUT2D eigenvalue weighted by atomic mass is 16.6. The molecule has 0 aliphatic rings. The van der Waals surface area contributed by atoms with Gasteiger partial charge in [-0.15, -0.1) is 0 Å². The number of carboxylic acids is 1. The molecular formula is C12H7NO6. The Hall–Kier alpha value is -2.96. The molecule has 0 saturated heterocycles. The van der Waals surface area contributed by atoms with Crippen molar-refractivity contribution >= 4 is 17.9 Å². The molecule has 19 heavy (non-hydrogen) atoms. The summed E-state index contributed by atoms with van der Waals surface area (Å²) in [6.45, 7) is 0. The zero-order valence-corrected chi connectivity index (χ0v) is 9.40. The van der Waals surface area contributed by atoms with E-state index in [-0.39, 0.29) is 28.3 Å². The number of hydrogen-bond donors (Lipinski definition) is 1. The second kappa shape index (κ2) is 4.73. The maximum Gasteiger partial charge on any atom is 0.336 e. The van der Waals surface area contributed by atoms with Gasteiger partial charge in [0.15, 0.2) is 12.0 Å². The molecule has 1 aromatic carbocycles. The lowest BCUT2D eigenvalue weighted by atomic mass is 10.0. The molecule has 2 rings (SSSR count). The zero-order valence-electron chi connectivity index (χ0n) is 9.40. The fraction of sp³-hybridized carbons (Fsp3) is 0. The van der Waals surface area contributed by atoms with E-state index in [1.54, 1.807) is 0 Å². The molecule has 0 aliphatic carbocycles. The standard InChI is InChI=1S/C12H7NO6/c14-6-8-2-4-11(19-8)10-5-7(13(17)18)1-3-9(10)12(15)16/h1-6H,(H,15,16). The number of nitro groups is 1. The topological polar surface area (TPSA) is 111 Å². The van der Waals surface area contributed by atoms with Crippen LogP contribution in [0.4, 0.5) is 5.69 Å². The fourth-order valence-electron chi connectivity index (χ4n) is 1.60. The van der Waals surface area contributed by atoms with E-state index >= 15 is 0 Å². The van der Waals surface area contributed by atoms with E-state index < -0.39 is 10.9 Å². The van der Waals surface area contributed by atoms with Gasteiger partial charge in [0.2, 0.25) is 0 Å². The number of aldehydes is 1. The van der Waals surface area contributed by atoms with E-state index in [0.29, 0.717) is 6.29 Å². The molecule has 96 valence electrons. The number of rotatable bonds is 4. The number of carbonyl (C=O) groups excluding carboxylic acids is 1. The monoisotopic (exact) mass is 261 g/mol. The number of hydrogen-bond acceptors (Lipinski definition) is 5. The Kier molecular flexibility index (Phi) is 3.11. The molecule has 0 saturated carbocycles. The lowest BCUT2D eigenvalue weighted by molar-refractivity contribution is -0.384. The van der Waals surface area contributed by atoms with E-state index in [1.807, 2.05) is 0 Å². The van der Waals surface area contributed by atoms with Crippen LogP contribution in [0.1, 0.15) is 20.9 Å². The molecular weight excluding hydrogens is 254 g/mol. The molecule has 0 amide bonds. The first-order valence-electron chi connectivity index (χ1n) is 5.10. The zero-order chi connectivity index (χ0) is 14.0. The summed E-state index contributed by atoms with van der Waals surface area (Å²) in [4.78, 5) is 31.7. The number of benzene rings is 1. The summed E-state index contributed by atoms with van der Waals surface area (Å²) in [5.74, 6) is -1.14. The summed E-state index contributed by atoms with van der Waals surface area (Å²) in [6, 6.07) is 6.05. The number of carboxylic acid groups (broad SMARTS) is 1. The van der Waals surface area contributed by atoms with Gasteiger partial charge in [0.05, 0.1) is 10.5 Å². The number of nitrogens with zero attached hydrogens (tertiary/aromatic N) is 1. The lowest BCUT2D eigenvalue weighted by Gasteiger charge is -2.02. The third-order valence-corrected chi connectivity index (χ3v) is 2.45. The van der Waals surface area contributed by atoms with Crippen LogP contribution >= 0.6 is 0 Å². The predicted octanol–water partition coefficient (Wildman–Crippen LogP) is 2.37. The highest BCUT2D eigenvalue weighted by Crippen LogP contribution is 2.29. The molecule has 0 unspecified atom stereocenters. The third-order valence-electron chi connectivity index (χ3n) is 2.45.